The highest BCUT2D eigenvalue weighted by Crippen LogP contribution is 2.45. The average Bonchev–Trinajstić information content (AvgIpc) is 3.31. The van der Waals surface area contributed by atoms with Crippen molar-refractivity contribution < 1.29 is 34.4 Å². The van der Waals surface area contributed by atoms with E-state index < -0.39 is 42.3 Å². The molecule has 0 aliphatic carbocycles. The fourth-order valence-electron chi connectivity index (χ4n) is 3.16. The molecule has 2 heterocycles. The van der Waals surface area contributed by atoms with Crippen molar-refractivity contribution in [2.24, 2.45) is 0 Å². The number of aliphatic hydroxyl groups is 2. The summed E-state index contributed by atoms with van der Waals surface area (Å²) in [4.78, 5) is 24.4. The molecule has 0 radical (unpaired) electrons. The standard InChI is InChI=1S/C19H22O7/c1-9-6-11-16(13(21)7-9)19(24)25-10(2)4-3-5-12(20)17(23)14(22)8-15-18(11)26-15/h3,5-7,10,14-15,17-18,21-23H,4,8H2,1-2H3/b5-3-/t10-,14-,15+,17+,18+/m0/s1. The van der Waals surface area contributed by atoms with Gasteiger partial charge in [0.25, 0.3) is 0 Å². The van der Waals surface area contributed by atoms with E-state index in [4.69, 9.17) is 9.47 Å². The number of rotatable bonds is 0. The van der Waals surface area contributed by atoms with Gasteiger partial charge in [-0.3, -0.25) is 4.79 Å². The average molecular weight is 362 g/mol. The fraction of sp³-hybridized carbons (Fsp3) is 0.474. The number of cyclic esters (lactones) is 1. The van der Waals surface area contributed by atoms with Gasteiger partial charge in [-0.15, -0.1) is 0 Å². The molecule has 0 spiro atoms. The highest BCUT2D eigenvalue weighted by molar-refractivity contribution is 5.95. The molecule has 1 saturated heterocycles. The van der Waals surface area contributed by atoms with Gasteiger partial charge in [-0.05, 0) is 31.6 Å². The third-order valence-electron chi connectivity index (χ3n) is 4.57. The molecule has 2 aliphatic rings. The molecule has 1 aromatic carbocycles. The summed E-state index contributed by atoms with van der Waals surface area (Å²) in [6.45, 7) is 3.43. The molecule has 5 atom stereocenters. The van der Waals surface area contributed by atoms with Crippen molar-refractivity contribution >= 4 is 11.8 Å². The number of aliphatic hydroxyl groups excluding tert-OH is 2. The van der Waals surface area contributed by atoms with Gasteiger partial charge in [0.1, 0.15) is 29.6 Å². The molecule has 3 N–H and O–H groups in total. The zero-order valence-electron chi connectivity index (χ0n) is 14.6. The van der Waals surface area contributed by atoms with Crippen LogP contribution >= 0.6 is 0 Å². The normalized spacial score (nSPS) is 33.5. The Morgan fingerprint density at radius 2 is 1.92 bits per heavy atom. The molecule has 0 amide bonds. The molecule has 1 fully saturated rings. The van der Waals surface area contributed by atoms with Crippen molar-refractivity contribution in [2.75, 3.05) is 0 Å². The summed E-state index contributed by atoms with van der Waals surface area (Å²) < 4.78 is 10.9. The van der Waals surface area contributed by atoms with Gasteiger partial charge in [-0.25, -0.2) is 4.79 Å². The first kappa shape index (κ1) is 18.6. The second kappa shape index (κ2) is 7.19. The summed E-state index contributed by atoms with van der Waals surface area (Å²) in [5.41, 5.74) is 1.27. The number of carbonyl (C=O) groups is 2. The van der Waals surface area contributed by atoms with E-state index in [1.807, 2.05) is 0 Å². The van der Waals surface area contributed by atoms with E-state index in [1.165, 1.54) is 18.2 Å². The van der Waals surface area contributed by atoms with Crippen LogP contribution in [0.3, 0.4) is 0 Å². The van der Waals surface area contributed by atoms with Gasteiger partial charge >= 0.3 is 5.97 Å². The first-order valence-corrected chi connectivity index (χ1v) is 8.54. The van der Waals surface area contributed by atoms with Gasteiger partial charge < -0.3 is 24.8 Å². The molecule has 3 rings (SSSR count). The van der Waals surface area contributed by atoms with Gasteiger partial charge in [-0.2, -0.15) is 0 Å². The van der Waals surface area contributed by atoms with Crippen LogP contribution in [-0.2, 0) is 14.3 Å². The molecular formula is C19H22O7. The third-order valence-corrected chi connectivity index (χ3v) is 4.57. The predicted octanol–water partition coefficient (Wildman–Crippen LogP) is 1.33. The molecule has 26 heavy (non-hydrogen) atoms. The molecule has 7 nitrogen and oxygen atoms in total. The summed E-state index contributed by atoms with van der Waals surface area (Å²) in [6.07, 6.45) is -1.41. The maximum absolute atomic E-state index is 12.5. The van der Waals surface area contributed by atoms with E-state index in [2.05, 4.69) is 0 Å². The summed E-state index contributed by atoms with van der Waals surface area (Å²) in [6, 6.07) is 3.20. The molecular weight excluding hydrogens is 340 g/mol. The molecule has 0 bridgehead atoms. The predicted molar refractivity (Wildman–Crippen MR) is 90.7 cm³/mol. The van der Waals surface area contributed by atoms with Gasteiger partial charge in [0, 0.05) is 18.4 Å². The minimum Gasteiger partial charge on any atom is -0.507 e. The maximum atomic E-state index is 12.5. The van der Waals surface area contributed by atoms with Crippen LogP contribution in [0.4, 0.5) is 0 Å². The van der Waals surface area contributed by atoms with Crippen LogP contribution in [0.2, 0.25) is 0 Å². The Bertz CT molecular complexity index is 754. The molecule has 140 valence electrons. The Kier molecular flexibility index (Phi) is 5.13. The molecule has 2 aliphatic heterocycles. The number of ketones is 1. The van der Waals surface area contributed by atoms with Crippen molar-refractivity contribution in [2.45, 2.75) is 57.2 Å². The highest BCUT2D eigenvalue weighted by atomic mass is 16.6. The van der Waals surface area contributed by atoms with Crippen LogP contribution in [0.1, 0.15) is 47.4 Å². The van der Waals surface area contributed by atoms with E-state index in [1.54, 1.807) is 19.9 Å². The zero-order valence-corrected chi connectivity index (χ0v) is 14.6. The van der Waals surface area contributed by atoms with E-state index in [-0.39, 0.29) is 24.2 Å². The Morgan fingerprint density at radius 3 is 2.65 bits per heavy atom. The number of fused-ring (bicyclic) bond motifs is 3. The Labute approximate surface area is 150 Å². The van der Waals surface area contributed by atoms with Crippen molar-refractivity contribution in [1.82, 2.24) is 0 Å². The minimum atomic E-state index is -1.54. The SMILES string of the molecule is Cc1cc(O)c2c(c1)[C@H]1O[C@@H]1C[C@H](O)[C@H](O)C(=O)/C=C\C[C@H](C)OC2=O. The van der Waals surface area contributed by atoms with E-state index in [9.17, 15) is 24.9 Å². The summed E-state index contributed by atoms with van der Waals surface area (Å²) in [5.74, 6) is -1.47. The van der Waals surface area contributed by atoms with Crippen LogP contribution in [-0.4, -0.2) is 51.5 Å². The van der Waals surface area contributed by atoms with Crippen LogP contribution < -0.4 is 0 Å². The van der Waals surface area contributed by atoms with E-state index in [0.717, 1.165) is 5.56 Å². The lowest BCUT2D eigenvalue weighted by Crippen LogP contribution is -2.34. The first-order valence-electron chi connectivity index (χ1n) is 8.54. The first-order chi connectivity index (χ1) is 12.3. The summed E-state index contributed by atoms with van der Waals surface area (Å²) in [5, 5.41) is 30.3. The number of benzene rings is 1. The summed E-state index contributed by atoms with van der Waals surface area (Å²) in [7, 11) is 0. The fourth-order valence-corrected chi connectivity index (χ4v) is 3.16. The van der Waals surface area contributed by atoms with Gasteiger partial charge in [0.15, 0.2) is 5.78 Å². The number of hydrogen-bond donors (Lipinski definition) is 3. The summed E-state index contributed by atoms with van der Waals surface area (Å²) >= 11 is 0. The van der Waals surface area contributed by atoms with Crippen LogP contribution in [0.25, 0.3) is 0 Å². The quantitative estimate of drug-likeness (QED) is 0.471. The van der Waals surface area contributed by atoms with Gasteiger partial charge in [0.05, 0.1) is 12.2 Å². The lowest BCUT2D eigenvalue weighted by molar-refractivity contribution is -0.128. The lowest BCUT2D eigenvalue weighted by Gasteiger charge is -2.17. The molecule has 0 saturated carbocycles. The Balaban J connectivity index is 1.97. The zero-order chi connectivity index (χ0) is 19.0. The Hall–Kier alpha value is -2.22. The topological polar surface area (TPSA) is 117 Å². The molecule has 0 aromatic heterocycles. The maximum Gasteiger partial charge on any atom is 0.342 e. The third kappa shape index (κ3) is 3.80. The molecule has 7 heteroatoms. The number of carbonyl (C=O) groups excluding carboxylic acids is 2. The monoisotopic (exact) mass is 362 g/mol. The number of esters is 1. The second-order valence-corrected chi connectivity index (χ2v) is 6.85. The van der Waals surface area contributed by atoms with Crippen LogP contribution in [0.5, 0.6) is 5.75 Å². The van der Waals surface area contributed by atoms with Crippen molar-refractivity contribution in [3.05, 3.63) is 41.0 Å². The number of phenols is 1. The van der Waals surface area contributed by atoms with Crippen molar-refractivity contribution in [3.63, 3.8) is 0 Å². The number of phenolic OH excluding ortho intramolecular Hbond substituents is 1. The van der Waals surface area contributed by atoms with Crippen molar-refractivity contribution in [3.8, 4) is 5.75 Å². The number of epoxide rings is 1. The smallest absolute Gasteiger partial charge is 0.342 e. The number of aromatic hydroxyl groups is 1. The Morgan fingerprint density at radius 1 is 1.19 bits per heavy atom. The highest BCUT2D eigenvalue weighted by Gasteiger charge is 2.45. The van der Waals surface area contributed by atoms with Gasteiger partial charge in [-0.1, -0.05) is 12.1 Å². The van der Waals surface area contributed by atoms with E-state index in [0.29, 0.717) is 5.56 Å². The largest absolute Gasteiger partial charge is 0.507 e. The van der Waals surface area contributed by atoms with Crippen LogP contribution in [0.15, 0.2) is 24.3 Å². The molecule has 1 aromatic rings. The van der Waals surface area contributed by atoms with Gasteiger partial charge in [0.2, 0.25) is 0 Å². The minimum absolute atomic E-state index is 0.0327. The lowest BCUT2D eigenvalue weighted by atomic mass is 9.96. The van der Waals surface area contributed by atoms with E-state index >= 15 is 0 Å². The molecule has 0 unspecified atom stereocenters. The number of aryl methyl sites for hydroxylation is 1. The van der Waals surface area contributed by atoms with Crippen molar-refractivity contribution in [1.29, 1.82) is 0 Å². The second-order valence-electron chi connectivity index (χ2n) is 6.85. The number of ether oxygens (including phenoxy) is 2. The number of hydrogen-bond acceptors (Lipinski definition) is 7. The van der Waals surface area contributed by atoms with Crippen LogP contribution in [0, 0.1) is 6.92 Å².